The Hall–Kier alpha value is -3.50. The summed E-state index contributed by atoms with van der Waals surface area (Å²) in [6.07, 6.45) is 0. The minimum atomic E-state index is -3.60. The fourth-order valence-corrected chi connectivity index (χ4v) is 3.41. The molecule has 2 aromatic carbocycles. The molecular formula is C21H22N4O5S. The molecule has 0 spiro atoms. The topological polar surface area (TPSA) is 133 Å². The van der Waals surface area contributed by atoms with Gasteiger partial charge in [0.2, 0.25) is 10.0 Å². The Morgan fingerprint density at radius 3 is 2.35 bits per heavy atom. The molecule has 162 valence electrons. The molecule has 0 bridgehead atoms. The Labute approximate surface area is 179 Å². The number of benzene rings is 2. The van der Waals surface area contributed by atoms with Crippen LogP contribution in [0.3, 0.4) is 0 Å². The molecule has 1 amide bonds. The van der Waals surface area contributed by atoms with Crippen molar-refractivity contribution in [2.45, 2.75) is 18.8 Å². The van der Waals surface area contributed by atoms with Crippen molar-refractivity contribution in [3.05, 3.63) is 93.9 Å². The van der Waals surface area contributed by atoms with E-state index in [1.807, 2.05) is 30.3 Å². The van der Waals surface area contributed by atoms with E-state index in [2.05, 4.69) is 10.4 Å². The second kappa shape index (κ2) is 10.0. The number of carbonyl (C=O) groups is 1. The largest absolute Gasteiger partial charge is 0.492 e. The molecule has 1 aromatic heterocycles. The van der Waals surface area contributed by atoms with Crippen molar-refractivity contribution in [1.82, 2.24) is 15.1 Å². The normalized spacial score (nSPS) is 11.1. The Morgan fingerprint density at radius 2 is 1.68 bits per heavy atom. The van der Waals surface area contributed by atoms with E-state index >= 15 is 0 Å². The molecule has 3 rings (SSSR count). The van der Waals surface area contributed by atoms with E-state index < -0.39 is 15.9 Å². The molecule has 0 aliphatic heterocycles. The van der Waals surface area contributed by atoms with Crippen molar-refractivity contribution in [1.29, 1.82) is 0 Å². The quantitative estimate of drug-likeness (QED) is 0.509. The highest BCUT2D eigenvalue weighted by Crippen LogP contribution is 2.08. The van der Waals surface area contributed by atoms with Gasteiger partial charge in [-0.3, -0.25) is 9.59 Å². The van der Waals surface area contributed by atoms with Gasteiger partial charge in [0.05, 0.1) is 12.3 Å². The maximum Gasteiger partial charge on any atom is 0.271 e. The summed E-state index contributed by atoms with van der Waals surface area (Å²) >= 11 is 0. The highest BCUT2D eigenvalue weighted by Gasteiger charge is 2.10. The number of carbonyl (C=O) groups excluding carboxylic acids is 1. The number of hydrogen-bond donors (Lipinski definition) is 2. The van der Waals surface area contributed by atoms with Crippen LogP contribution >= 0.6 is 0 Å². The van der Waals surface area contributed by atoms with Gasteiger partial charge in [-0.2, -0.15) is 5.10 Å². The fraction of sp³-hybridized carbons (Fsp3) is 0.190. The first kappa shape index (κ1) is 22.2. The van der Waals surface area contributed by atoms with Crippen LogP contribution in [0.4, 0.5) is 0 Å². The van der Waals surface area contributed by atoms with E-state index in [1.54, 1.807) is 24.3 Å². The molecule has 0 fully saturated rings. The summed E-state index contributed by atoms with van der Waals surface area (Å²) in [6.45, 7) is 0.639. The van der Waals surface area contributed by atoms with Crippen molar-refractivity contribution in [3.63, 3.8) is 0 Å². The van der Waals surface area contributed by atoms with Crippen molar-refractivity contribution >= 4 is 15.9 Å². The molecule has 3 aromatic rings. The van der Waals surface area contributed by atoms with E-state index in [4.69, 9.17) is 9.88 Å². The summed E-state index contributed by atoms with van der Waals surface area (Å²) in [5, 5.41) is 11.8. The molecule has 0 saturated heterocycles. The van der Waals surface area contributed by atoms with Crippen molar-refractivity contribution in [3.8, 4) is 5.75 Å². The molecule has 3 N–H and O–H groups in total. The van der Waals surface area contributed by atoms with E-state index in [-0.39, 0.29) is 36.7 Å². The lowest BCUT2D eigenvalue weighted by Crippen LogP contribution is -2.30. The maximum atomic E-state index is 12.4. The SMILES string of the molecule is NS(=O)(=O)Cc1ccc(CNC(=O)c2ccc(=O)n(CCOc3ccccc3)n2)cc1. The lowest BCUT2D eigenvalue weighted by molar-refractivity contribution is 0.0943. The minimum Gasteiger partial charge on any atom is -0.492 e. The van der Waals surface area contributed by atoms with Crippen molar-refractivity contribution < 1.29 is 17.9 Å². The zero-order chi connectivity index (χ0) is 22.3. The molecule has 0 unspecified atom stereocenters. The van der Waals surface area contributed by atoms with Crippen LogP contribution in [0.15, 0.2) is 71.5 Å². The molecule has 0 aliphatic rings. The molecule has 1 heterocycles. The van der Waals surface area contributed by atoms with Crippen LogP contribution in [0.25, 0.3) is 0 Å². The van der Waals surface area contributed by atoms with Gasteiger partial charge in [0.15, 0.2) is 0 Å². The van der Waals surface area contributed by atoms with Gasteiger partial charge in [0, 0.05) is 12.6 Å². The first-order chi connectivity index (χ1) is 14.8. The first-order valence-electron chi connectivity index (χ1n) is 9.43. The summed E-state index contributed by atoms with van der Waals surface area (Å²) in [7, 11) is -3.60. The Morgan fingerprint density at radius 1 is 1.00 bits per heavy atom. The number of sulfonamides is 1. The first-order valence-corrected chi connectivity index (χ1v) is 11.1. The summed E-state index contributed by atoms with van der Waals surface area (Å²) in [4.78, 5) is 24.4. The predicted molar refractivity (Wildman–Crippen MR) is 115 cm³/mol. The van der Waals surface area contributed by atoms with Gasteiger partial charge in [0.1, 0.15) is 18.1 Å². The summed E-state index contributed by atoms with van der Waals surface area (Å²) in [6, 6.07) is 18.5. The number of para-hydroxylation sites is 1. The zero-order valence-corrected chi connectivity index (χ0v) is 17.4. The number of hydrogen-bond acceptors (Lipinski definition) is 6. The minimum absolute atomic E-state index is 0.102. The lowest BCUT2D eigenvalue weighted by atomic mass is 10.1. The number of aromatic nitrogens is 2. The van der Waals surface area contributed by atoms with Crippen molar-refractivity contribution in [2.75, 3.05) is 6.61 Å². The molecule has 31 heavy (non-hydrogen) atoms. The van der Waals surface area contributed by atoms with E-state index in [0.29, 0.717) is 11.3 Å². The average molecular weight is 442 g/mol. The Bertz CT molecular complexity index is 1190. The molecule has 10 heteroatoms. The monoisotopic (exact) mass is 442 g/mol. The molecule has 9 nitrogen and oxygen atoms in total. The van der Waals surface area contributed by atoms with Crippen LogP contribution in [-0.4, -0.2) is 30.7 Å². The third-order valence-electron chi connectivity index (χ3n) is 4.26. The Kier molecular flexibility index (Phi) is 7.16. The molecular weight excluding hydrogens is 420 g/mol. The molecule has 0 radical (unpaired) electrons. The third kappa shape index (κ3) is 7.05. The van der Waals surface area contributed by atoms with Gasteiger partial charge < -0.3 is 10.1 Å². The highest BCUT2D eigenvalue weighted by atomic mass is 32.2. The van der Waals surface area contributed by atoms with Crippen LogP contribution in [-0.2, 0) is 28.9 Å². The molecule has 0 saturated carbocycles. The standard InChI is InChI=1S/C21H22N4O5S/c22-31(28,29)15-17-8-6-16(7-9-17)14-23-21(27)19-10-11-20(26)25(24-19)12-13-30-18-4-2-1-3-5-18/h1-11H,12-15H2,(H,23,27)(H2,22,28,29). The van der Waals surface area contributed by atoms with Gasteiger partial charge in [-0.05, 0) is 29.3 Å². The average Bonchev–Trinajstić information content (AvgIpc) is 2.74. The molecule has 0 atom stereocenters. The second-order valence-corrected chi connectivity index (χ2v) is 8.36. The van der Waals surface area contributed by atoms with Crippen LogP contribution < -0.4 is 20.8 Å². The van der Waals surface area contributed by atoms with Gasteiger partial charge in [-0.25, -0.2) is 18.2 Å². The van der Waals surface area contributed by atoms with Crippen LogP contribution in [0.5, 0.6) is 5.75 Å². The number of amides is 1. The van der Waals surface area contributed by atoms with Gasteiger partial charge >= 0.3 is 0 Å². The zero-order valence-electron chi connectivity index (χ0n) is 16.6. The third-order valence-corrected chi connectivity index (χ3v) is 4.99. The maximum absolute atomic E-state index is 12.4. The lowest BCUT2D eigenvalue weighted by Gasteiger charge is -2.09. The predicted octanol–water partition coefficient (Wildman–Crippen LogP) is 1.04. The second-order valence-electron chi connectivity index (χ2n) is 6.75. The Balaban J connectivity index is 1.56. The van der Waals surface area contributed by atoms with Crippen LogP contribution in [0.1, 0.15) is 21.6 Å². The number of primary sulfonamides is 1. The molecule has 0 aliphatic carbocycles. The number of rotatable bonds is 9. The summed E-state index contributed by atoms with van der Waals surface area (Å²) < 4.78 is 29.0. The van der Waals surface area contributed by atoms with E-state index in [0.717, 1.165) is 5.56 Å². The van der Waals surface area contributed by atoms with Crippen LogP contribution in [0.2, 0.25) is 0 Å². The van der Waals surface area contributed by atoms with Gasteiger partial charge in [-0.15, -0.1) is 0 Å². The summed E-state index contributed by atoms with van der Waals surface area (Å²) in [5.74, 6) is -0.00936. The summed E-state index contributed by atoms with van der Waals surface area (Å²) in [5.41, 5.74) is 1.10. The number of nitrogens with one attached hydrogen (secondary N) is 1. The van der Waals surface area contributed by atoms with Crippen LogP contribution in [0, 0.1) is 0 Å². The van der Waals surface area contributed by atoms with E-state index in [1.165, 1.54) is 16.8 Å². The fourth-order valence-electron chi connectivity index (χ4n) is 2.76. The van der Waals surface area contributed by atoms with Gasteiger partial charge in [-0.1, -0.05) is 42.5 Å². The number of nitrogens with two attached hydrogens (primary N) is 1. The van der Waals surface area contributed by atoms with E-state index in [9.17, 15) is 18.0 Å². The number of nitrogens with zero attached hydrogens (tertiary/aromatic N) is 2. The highest BCUT2D eigenvalue weighted by molar-refractivity contribution is 7.88. The van der Waals surface area contributed by atoms with Crippen molar-refractivity contribution in [2.24, 2.45) is 5.14 Å². The smallest absolute Gasteiger partial charge is 0.271 e. The van der Waals surface area contributed by atoms with Gasteiger partial charge in [0.25, 0.3) is 11.5 Å². The number of ether oxygens (including phenoxy) is 1.